The number of aryl methyl sites for hydroxylation is 1. The number of ether oxygens (including phenoxy) is 1. The van der Waals surface area contributed by atoms with Crippen molar-refractivity contribution in [3.63, 3.8) is 0 Å². The van der Waals surface area contributed by atoms with E-state index >= 15 is 0 Å². The van der Waals surface area contributed by atoms with E-state index in [4.69, 9.17) is 4.74 Å². The van der Waals surface area contributed by atoms with E-state index in [1.54, 1.807) is 12.1 Å². The van der Waals surface area contributed by atoms with E-state index in [9.17, 15) is 4.79 Å². The molecular formula is C18H24N4O2. The minimum absolute atomic E-state index is 0.0196. The molecule has 2 aromatic rings. The Balaban J connectivity index is 2.23. The average Bonchev–Trinajstić information content (AvgIpc) is 2.47. The molecule has 6 heteroatoms. The molecule has 1 aromatic carbocycles. The van der Waals surface area contributed by atoms with Crippen molar-refractivity contribution in [3.05, 3.63) is 41.7 Å². The van der Waals surface area contributed by atoms with Gasteiger partial charge in [0.15, 0.2) is 0 Å². The number of carbonyl (C=O) groups is 1. The smallest absolute Gasteiger partial charge is 0.274 e. The fourth-order valence-corrected chi connectivity index (χ4v) is 2.12. The lowest BCUT2D eigenvalue weighted by atomic mass is 10.2. The Kier molecular flexibility index (Phi) is 5.73. The van der Waals surface area contributed by atoms with Crippen molar-refractivity contribution in [2.24, 2.45) is 0 Å². The summed E-state index contributed by atoms with van der Waals surface area (Å²) >= 11 is 0. The Morgan fingerprint density at radius 3 is 2.50 bits per heavy atom. The lowest BCUT2D eigenvalue weighted by Gasteiger charge is -2.15. The highest BCUT2D eigenvalue weighted by molar-refractivity contribution is 6.03. The van der Waals surface area contributed by atoms with Crippen LogP contribution in [0.15, 0.2) is 30.3 Å². The van der Waals surface area contributed by atoms with Gasteiger partial charge in [0.1, 0.15) is 11.4 Å². The Bertz CT molecular complexity index is 714. The lowest BCUT2D eigenvalue weighted by molar-refractivity contribution is 0.102. The molecule has 0 fully saturated rings. The van der Waals surface area contributed by atoms with Crippen LogP contribution in [0.2, 0.25) is 0 Å². The lowest BCUT2D eigenvalue weighted by Crippen LogP contribution is -2.19. The zero-order valence-corrected chi connectivity index (χ0v) is 14.8. The SMILES string of the molecule is Cc1cc(C(=O)Nc2ccccc2OC(C)C)nc(NC(C)C)n1. The molecule has 1 amide bonds. The summed E-state index contributed by atoms with van der Waals surface area (Å²) in [7, 11) is 0. The molecule has 0 atom stereocenters. The van der Waals surface area contributed by atoms with E-state index in [-0.39, 0.29) is 18.1 Å². The summed E-state index contributed by atoms with van der Waals surface area (Å²) in [6.45, 7) is 9.70. The van der Waals surface area contributed by atoms with Gasteiger partial charge in [-0.3, -0.25) is 4.79 Å². The molecule has 0 aliphatic carbocycles. The first-order chi connectivity index (χ1) is 11.3. The third kappa shape index (κ3) is 4.94. The van der Waals surface area contributed by atoms with Gasteiger partial charge in [-0.1, -0.05) is 12.1 Å². The molecular weight excluding hydrogens is 304 g/mol. The third-order valence-electron chi connectivity index (χ3n) is 3.00. The molecule has 0 spiro atoms. The zero-order chi connectivity index (χ0) is 17.7. The topological polar surface area (TPSA) is 76.1 Å². The molecule has 128 valence electrons. The fraction of sp³-hybridized carbons (Fsp3) is 0.389. The summed E-state index contributed by atoms with van der Waals surface area (Å²) in [5, 5.41) is 5.97. The van der Waals surface area contributed by atoms with E-state index in [2.05, 4.69) is 20.6 Å². The third-order valence-corrected chi connectivity index (χ3v) is 3.00. The monoisotopic (exact) mass is 328 g/mol. The largest absolute Gasteiger partial charge is 0.489 e. The molecule has 6 nitrogen and oxygen atoms in total. The van der Waals surface area contributed by atoms with Crippen LogP contribution >= 0.6 is 0 Å². The van der Waals surface area contributed by atoms with Gasteiger partial charge >= 0.3 is 0 Å². The van der Waals surface area contributed by atoms with Gasteiger partial charge in [0.05, 0.1) is 11.8 Å². The molecule has 0 aliphatic heterocycles. The van der Waals surface area contributed by atoms with Gasteiger partial charge in [-0.2, -0.15) is 0 Å². The fourth-order valence-electron chi connectivity index (χ4n) is 2.12. The number of aromatic nitrogens is 2. The standard InChI is InChI=1S/C18H24N4O2/c1-11(2)19-18-20-13(5)10-15(22-18)17(23)21-14-8-6-7-9-16(14)24-12(3)4/h6-12H,1-5H3,(H,21,23)(H,19,20,22). The van der Waals surface area contributed by atoms with E-state index in [0.717, 1.165) is 5.69 Å². The number of rotatable bonds is 6. The molecule has 0 unspecified atom stereocenters. The van der Waals surface area contributed by atoms with Crippen LogP contribution in [0.5, 0.6) is 5.75 Å². The number of benzene rings is 1. The summed E-state index contributed by atoms with van der Waals surface area (Å²) in [4.78, 5) is 21.1. The zero-order valence-electron chi connectivity index (χ0n) is 14.8. The molecule has 2 N–H and O–H groups in total. The average molecular weight is 328 g/mol. The second-order valence-corrected chi connectivity index (χ2v) is 6.13. The quantitative estimate of drug-likeness (QED) is 0.846. The molecule has 2 rings (SSSR count). The van der Waals surface area contributed by atoms with Crippen LogP contribution in [-0.4, -0.2) is 28.0 Å². The number of nitrogens with one attached hydrogen (secondary N) is 2. The molecule has 1 aromatic heterocycles. The second kappa shape index (κ2) is 7.77. The van der Waals surface area contributed by atoms with Crippen molar-refractivity contribution in [1.82, 2.24) is 9.97 Å². The second-order valence-electron chi connectivity index (χ2n) is 6.13. The first-order valence-electron chi connectivity index (χ1n) is 8.04. The van der Waals surface area contributed by atoms with E-state index in [1.807, 2.05) is 52.8 Å². The maximum Gasteiger partial charge on any atom is 0.274 e. The number of hydrogen-bond acceptors (Lipinski definition) is 5. The van der Waals surface area contributed by atoms with Gasteiger partial charge in [-0.25, -0.2) is 9.97 Å². The van der Waals surface area contributed by atoms with Crippen molar-refractivity contribution >= 4 is 17.5 Å². The Hall–Kier alpha value is -2.63. The van der Waals surface area contributed by atoms with Gasteiger partial charge in [-0.05, 0) is 52.8 Å². The summed E-state index contributed by atoms with van der Waals surface area (Å²) in [5.74, 6) is 0.779. The van der Waals surface area contributed by atoms with Crippen LogP contribution in [0.4, 0.5) is 11.6 Å². The molecule has 1 heterocycles. The maximum atomic E-state index is 12.6. The predicted octanol–water partition coefficient (Wildman–Crippen LogP) is 3.64. The van der Waals surface area contributed by atoms with Crippen LogP contribution in [0.1, 0.15) is 43.9 Å². The summed E-state index contributed by atoms with van der Waals surface area (Å²) < 4.78 is 5.72. The highest BCUT2D eigenvalue weighted by Crippen LogP contribution is 2.25. The molecule has 0 bridgehead atoms. The molecule has 0 saturated heterocycles. The van der Waals surface area contributed by atoms with Crippen LogP contribution in [0.3, 0.4) is 0 Å². The van der Waals surface area contributed by atoms with Crippen LogP contribution in [0.25, 0.3) is 0 Å². The molecule has 24 heavy (non-hydrogen) atoms. The van der Waals surface area contributed by atoms with E-state index in [1.165, 1.54) is 0 Å². The van der Waals surface area contributed by atoms with Gasteiger partial charge in [-0.15, -0.1) is 0 Å². The normalized spacial score (nSPS) is 10.8. The van der Waals surface area contributed by atoms with Crippen molar-refractivity contribution < 1.29 is 9.53 Å². The van der Waals surface area contributed by atoms with Gasteiger partial charge in [0.2, 0.25) is 5.95 Å². The van der Waals surface area contributed by atoms with Crippen LogP contribution < -0.4 is 15.4 Å². The first kappa shape index (κ1) is 17.7. The number of nitrogens with zero attached hydrogens (tertiary/aromatic N) is 2. The summed E-state index contributed by atoms with van der Waals surface area (Å²) in [6, 6.07) is 9.19. The minimum atomic E-state index is -0.299. The van der Waals surface area contributed by atoms with E-state index in [0.29, 0.717) is 23.1 Å². The number of hydrogen-bond donors (Lipinski definition) is 2. The summed E-state index contributed by atoms with van der Waals surface area (Å²) in [5.41, 5.74) is 1.65. The highest BCUT2D eigenvalue weighted by Gasteiger charge is 2.14. The van der Waals surface area contributed by atoms with Crippen molar-refractivity contribution in [1.29, 1.82) is 0 Å². The van der Waals surface area contributed by atoms with E-state index < -0.39 is 0 Å². The Morgan fingerprint density at radius 1 is 1.12 bits per heavy atom. The van der Waals surface area contributed by atoms with Crippen LogP contribution in [-0.2, 0) is 0 Å². The number of amides is 1. The number of anilines is 2. The number of para-hydroxylation sites is 2. The Labute approximate surface area is 142 Å². The van der Waals surface area contributed by atoms with Gasteiger partial charge < -0.3 is 15.4 Å². The molecule has 0 saturated carbocycles. The maximum absolute atomic E-state index is 12.6. The van der Waals surface area contributed by atoms with Gasteiger partial charge in [0, 0.05) is 11.7 Å². The molecule has 0 radical (unpaired) electrons. The van der Waals surface area contributed by atoms with Gasteiger partial charge in [0.25, 0.3) is 5.91 Å². The van der Waals surface area contributed by atoms with Crippen molar-refractivity contribution in [3.8, 4) is 5.75 Å². The Morgan fingerprint density at radius 2 is 1.83 bits per heavy atom. The van der Waals surface area contributed by atoms with Crippen molar-refractivity contribution in [2.75, 3.05) is 10.6 Å². The predicted molar refractivity (Wildman–Crippen MR) is 95.7 cm³/mol. The highest BCUT2D eigenvalue weighted by atomic mass is 16.5. The first-order valence-corrected chi connectivity index (χ1v) is 8.04. The summed E-state index contributed by atoms with van der Waals surface area (Å²) in [6.07, 6.45) is 0.0196. The molecule has 0 aliphatic rings. The number of carbonyl (C=O) groups excluding carboxylic acids is 1. The minimum Gasteiger partial charge on any atom is -0.489 e. The van der Waals surface area contributed by atoms with Crippen molar-refractivity contribution in [2.45, 2.75) is 46.8 Å². The van der Waals surface area contributed by atoms with Crippen LogP contribution in [0, 0.1) is 6.92 Å².